The summed E-state index contributed by atoms with van der Waals surface area (Å²) in [5, 5.41) is 8.62. The highest BCUT2D eigenvalue weighted by Gasteiger charge is 2.23. The van der Waals surface area contributed by atoms with Gasteiger partial charge in [0.25, 0.3) is 10.0 Å². The molecule has 1 aromatic heterocycles. The van der Waals surface area contributed by atoms with E-state index in [0.717, 1.165) is 20.7 Å². The average Bonchev–Trinajstić information content (AvgIpc) is 2.47. The van der Waals surface area contributed by atoms with Gasteiger partial charge in [-0.1, -0.05) is 0 Å². The van der Waals surface area contributed by atoms with Gasteiger partial charge in [-0.2, -0.15) is 4.72 Å². The lowest BCUT2D eigenvalue weighted by Crippen LogP contribution is -2.37. The number of thiophene rings is 1. The Balaban J connectivity index is 2.99. The van der Waals surface area contributed by atoms with Crippen molar-refractivity contribution in [2.24, 2.45) is 0 Å². The van der Waals surface area contributed by atoms with Crippen molar-refractivity contribution in [3.8, 4) is 0 Å². The van der Waals surface area contributed by atoms with Crippen LogP contribution in [-0.4, -0.2) is 25.5 Å². The van der Waals surface area contributed by atoms with Gasteiger partial charge in [-0.3, -0.25) is 4.79 Å². The van der Waals surface area contributed by atoms with Gasteiger partial charge in [0.05, 0.1) is 3.79 Å². The van der Waals surface area contributed by atoms with Crippen molar-refractivity contribution < 1.29 is 18.3 Å². The molecule has 0 aliphatic carbocycles. The van der Waals surface area contributed by atoms with Gasteiger partial charge in [0.1, 0.15) is 10.3 Å². The predicted octanol–water partition coefficient (Wildman–Crippen LogP) is 1.57. The standard InChI is InChI=1S/C8H10BrNO4S2/c1-4-3-6(15-7(4)9)16(13,14)10-5(2)8(11)12/h3,5,10H,1-2H3,(H,11,12)/t5-/m0/s1. The maximum absolute atomic E-state index is 11.7. The summed E-state index contributed by atoms with van der Waals surface area (Å²) in [4.78, 5) is 10.5. The van der Waals surface area contributed by atoms with E-state index in [-0.39, 0.29) is 4.21 Å². The SMILES string of the molecule is Cc1cc(S(=O)(=O)N[C@@H](C)C(=O)O)sc1Br. The summed E-state index contributed by atoms with van der Waals surface area (Å²) < 4.78 is 26.4. The van der Waals surface area contributed by atoms with Crippen molar-refractivity contribution in [2.75, 3.05) is 0 Å². The minimum Gasteiger partial charge on any atom is -0.480 e. The van der Waals surface area contributed by atoms with Crippen LogP contribution in [0.5, 0.6) is 0 Å². The molecule has 1 rings (SSSR count). The zero-order valence-corrected chi connectivity index (χ0v) is 11.7. The van der Waals surface area contributed by atoms with Crippen LogP contribution in [-0.2, 0) is 14.8 Å². The van der Waals surface area contributed by atoms with Crippen LogP contribution in [0.3, 0.4) is 0 Å². The molecular weight excluding hydrogens is 318 g/mol. The molecular formula is C8H10BrNO4S2. The number of halogens is 1. The second kappa shape index (κ2) is 4.82. The molecule has 0 spiro atoms. The molecule has 1 aromatic rings. The molecule has 0 fully saturated rings. The van der Waals surface area contributed by atoms with Gasteiger partial charge in [0.2, 0.25) is 0 Å². The molecule has 8 heteroatoms. The minimum atomic E-state index is -3.75. The number of nitrogens with one attached hydrogen (secondary N) is 1. The Kier molecular flexibility index (Phi) is 4.11. The Morgan fingerprint density at radius 3 is 2.56 bits per heavy atom. The highest BCUT2D eigenvalue weighted by Crippen LogP contribution is 2.30. The number of sulfonamides is 1. The van der Waals surface area contributed by atoms with Crippen molar-refractivity contribution in [3.05, 3.63) is 15.4 Å². The largest absolute Gasteiger partial charge is 0.480 e. The molecule has 5 nitrogen and oxygen atoms in total. The molecule has 0 aliphatic heterocycles. The summed E-state index contributed by atoms with van der Waals surface area (Å²) in [5.74, 6) is -1.21. The minimum absolute atomic E-state index is 0.102. The Morgan fingerprint density at radius 1 is 1.62 bits per heavy atom. The van der Waals surface area contributed by atoms with E-state index in [2.05, 4.69) is 20.7 Å². The summed E-state index contributed by atoms with van der Waals surface area (Å²) in [6.07, 6.45) is 0. The van der Waals surface area contributed by atoms with E-state index in [9.17, 15) is 13.2 Å². The lowest BCUT2D eigenvalue weighted by Gasteiger charge is -2.07. The van der Waals surface area contributed by atoms with E-state index in [1.807, 2.05) is 0 Å². The van der Waals surface area contributed by atoms with Gasteiger partial charge in [-0.15, -0.1) is 11.3 Å². The first-order chi connectivity index (χ1) is 7.24. The van der Waals surface area contributed by atoms with Crippen molar-refractivity contribution in [2.45, 2.75) is 24.1 Å². The summed E-state index contributed by atoms with van der Waals surface area (Å²) in [7, 11) is -3.75. The number of carbonyl (C=O) groups is 1. The van der Waals surface area contributed by atoms with E-state index in [0.29, 0.717) is 0 Å². The van der Waals surface area contributed by atoms with Crippen LogP contribution in [0.25, 0.3) is 0 Å². The van der Waals surface area contributed by atoms with Crippen molar-refractivity contribution in [1.29, 1.82) is 0 Å². The van der Waals surface area contributed by atoms with Crippen molar-refractivity contribution in [1.82, 2.24) is 4.72 Å². The quantitative estimate of drug-likeness (QED) is 0.879. The van der Waals surface area contributed by atoms with Crippen LogP contribution in [0.2, 0.25) is 0 Å². The van der Waals surface area contributed by atoms with E-state index in [1.165, 1.54) is 13.0 Å². The van der Waals surface area contributed by atoms with Crippen molar-refractivity contribution >= 4 is 43.3 Å². The Morgan fingerprint density at radius 2 is 2.19 bits per heavy atom. The van der Waals surface area contributed by atoms with E-state index >= 15 is 0 Å². The van der Waals surface area contributed by atoms with Crippen LogP contribution in [0.4, 0.5) is 0 Å². The first kappa shape index (κ1) is 13.6. The topological polar surface area (TPSA) is 83.5 Å². The second-order valence-electron chi connectivity index (χ2n) is 3.20. The fraction of sp³-hybridized carbons (Fsp3) is 0.375. The molecule has 0 saturated heterocycles. The van der Waals surface area contributed by atoms with E-state index in [1.54, 1.807) is 6.92 Å². The lowest BCUT2D eigenvalue weighted by atomic mass is 10.4. The number of aryl methyl sites for hydroxylation is 1. The lowest BCUT2D eigenvalue weighted by molar-refractivity contribution is -0.138. The first-order valence-corrected chi connectivity index (χ1v) is 7.34. The first-order valence-electron chi connectivity index (χ1n) is 4.25. The zero-order chi connectivity index (χ0) is 12.5. The van der Waals surface area contributed by atoms with Gasteiger partial charge in [0, 0.05) is 0 Å². The van der Waals surface area contributed by atoms with Crippen LogP contribution in [0.1, 0.15) is 12.5 Å². The molecule has 90 valence electrons. The number of carboxylic acids is 1. The zero-order valence-electron chi connectivity index (χ0n) is 8.52. The molecule has 0 aromatic carbocycles. The Labute approximate surface area is 106 Å². The van der Waals surface area contributed by atoms with E-state index < -0.39 is 22.0 Å². The van der Waals surface area contributed by atoms with Gasteiger partial charge < -0.3 is 5.11 Å². The summed E-state index contributed by atoms with van der Waals surface area (Å²) >= 11 is 4.26. The third-order valence-electron chi connectivity index (χ3n) is 1.80. The monoisotopic (exact) mass is 327 g/mol. The molecule has 0 bridgehead atoms. The maximum Gasteiger partial charge on any atom is 0.321 e. The molecule has 0 amide bonds. The van der Waals surface area contributed by atoms with Crippen LogP contribution in [0.15, 0.2) is 14.1 Å². The fourth-order valence-corrected chi connectivity index (χ4v) is 4.34. The number of hydrogen-bond acceptors (Lipinski definition) is 4. The number of aliphatic carboxylic acids is 1. The predicted molar refractivity (Wildman–Crippen MR) is 64.2 cm³/mol. The molecule has 1 atom stereocenters. The second-order valence-corrected chi connectivity index (χ2v) is 7.51. The molecule has 0 saturated carbocycles. The fourth-order valence-electron chi connectivity index (χ4n) is 0.905. The summed E-state index contributed by atoms with van der Waals surface area (Å²) in [6, 6.07) is 0.345. The molecule has 2 N–H and O–H groups in total. The van der Waals surface area contributed by atoms with Gasteiger partial charge in [0.15, 0.2) is 0 Å². The number of hydrogen-bond donors (Lipinski definition) is 2. The van der Waals surface area contributed by atoms with Crippen molar-refractivity contribution in [3.63, 3.8) is 0 Å². The highest BCUT2D eigenvalue weighted by molar-refractivity contribution is 9.11. The summed E-state index contributed by atoms with van der Waals surface area (Å²) in [5.41, 5.74) is 0.799. The smallest absolute Gasteiger partial charge is 0.321 e. The highest BCUT2D eigenvalue weighted by atomic mass is 79.9. The normalized spacial score (nSPS) is 13.7. The number of rotatable bonds is 4. The molecule has 0 radical (unpaired) electrons. The molecule has 1 heterocycles. The van der Waals surface area contributed by atoms with Crippen LogP contribution >= 0.6 is 27.3 Å². The van der Waals surface area contributed by atoms with Gasteiger partial charge in [-0.25, -0.2) is 8.42 Å². The van der Waals surface area contributed by atoms with Crippen LogP contribution in [0, 0.1) is 6.92 Å². The van der Waals surface area contributed by atoms with Crippen LogP contribution < -0.4 is 4.72 Å². The Bertz CT molecular complexity index is 489. The van der Waals surface area contributed by atoms with E-state index in [4.69, 9.17) is 5.11 Å². The third-order valence-corrected chi connectivity index (χ3v) is 5.95. The van der Waals surface area contributed by atoms with Gasteiger partial charge in [-0.05, 0) is 41.4 Å². The molecule has 0 unspecified atom stereocenters. The number of carboxylic acid groups (broad SMARTS) is 1. The van der Waals surface area contributed by atoms with Gasteiger partial charge >= 0.3 is 5.97 Å². The summed E-state index contributed by atoms with van der Waals surface area (Å²) in [6.45, 7) is 3.04. The molecule has 0 aliphatic rings. The average molecular weight is 328 g/mol. The third kappa shape index (κ3) is 3.03. The molecule has 16 heavy (non-hydrogen) atoms. The Hall–Kier alpha value is -0.440. The maximum atomic E-state index is 11.7.